The zero-order chi connectivity index (χ0) is 15.7. The summed E-state index contributed by atoms with van der Waals surface area (Å²) >= 11 is 1.77. The second-order valence-corrected chi connectivity index (χ2v) is 12.7. The van der Waals surface area contributed by atoms with Crippen LogP contribution in [0.3, 0.4) is 0 Å². The Morgan fingerprint density at radius 2 is 2.00 bits per heavy atom. The minimum absolute atomic E-state index is 0.136. The number of thiophene rings is 1. The molecular weight excluding hydrogens is 292 g/mol. The first-order valence-electron chi connectivity index (χ1n) is 7.33. The van der Waals surface area contributed by atoms with E-state index in [1.165, 1.54) is 15.6 Å². The van der Waals surface area contributed by atoms with Gasteiger partial charge in [0.15, 0.2) is 8.32 Å². The molecule has 1 heterocycles. The van der Waals surface area contributed by atoms with Gasteiger partial charge in [-0.1, -0.05) is 38.8 Å². The van der Waals surface area contributed by atoms with Crippen LogP contribution in [-0.4, -0.2) is 14.4 Å². The summed E-state index contributed by atoms with van der Waals surface area (Å²) < 4.78 is 7.67. The third kappa shape index (κ3) is 3.77. The molecule has 0 aliphatic rings. The summed E-state index contributed by atoms with van der Waals surface area (Å²) in [6, 6.07) is 8.71. The van der Waals surface area contributed by atoms with Crippen molar-refractivity contribution in [2.75, 3.05) is 0 Å². The Morgan fingerprint density at radius 1 is 1.29 bits per heavy atom. The van der Waals surface area contributed by atoms with Gasteiger partial charge in [-0.15, -0.1) is 17.8 Å². The maximum Gasteiger partial charge on any atom is 0.193 e. The molecule has 1 nitrogen and oxygen atoms in total. The molecule has 1 aromatic carbocycles. The monoisotopic (exact) mass is 316 g/mol. The number of rotatable bonds is 4. The van der Waals surface area contributed by atoms with Crippen LogP contribution in [0.2, 0.25) is 18.1 Å². The Hall–Kier alpha value is -1.08. The van der Waals surface area contributed by atoms with Crippen LogP contribution in [0.5, 0.6) is 0 Å². The molecule has 1 aromatic heterocycles. The van der Waals surface area contributed by atoms with Crippen molar-refractivity contribution in [2.24, 2.45) is 0 Å². The molecule has 0 fully saturated rings. The van der Waals surface area contributed by atoms with Gasteiger partial charge in [-0.3, -0.25) is 0 Å². The molecule has 0 aliphatic heterocycles. The Labute approximate surface area is 133 Å². The largest absolute Gasteiger partial charge is 0.403 e. The first kappa shape index (κ1) is 16.3. The van der Waals surface area contributed by atoms with Gasteiger partial charge in [-0.05, 0) is 46.6 Å². The van der Waals surface area contributed by atoms with Gasteiger partial charge in [-0.2, -0.15) is 0 Å². The molecule has 0 bridgehead atoms. The van der Waals surface area contributed by atoms with Crippen molar-refractivity contribution in [1.29, 1.82) is 0 Å². The predicted molar refractivity (Wildman–Crippen MR) is 96.4 cm³/mol. The second kappa shape index (κ2) is 5.96. The van der Waals surface area contributed by atoms with Gasteiger partial charge in [0.2, 0.25) is 0 Å². The fourth-order valence-corrected chi connectivity index (χ4v) is 4.08. The lowest BCUT2D eigenvalue weighted by atomic mass is 10.1. The molecule has 21 heavy (non-hydrogen) atoms. The fourth-order valence-electron chi connectivity index (χ4n) is 2.01. The topological polar surface area (TPSA) is 9.23 Å². The van der Waals surface area contributed by atoms with Crippen LogP contribution in [0.15, 0.2) is 29.6 Å². The second-order valence-electron chi connectivity index (χ2n) is 7.03. The van der Waals surface area contributed by atoms with E-state index in [0.717, 1.165) is 6.42 Å². The third-order valence-electron chi connectivity index (χ3n) is 4.37. The van der Waals surface area contributed by atoms with Gasteiger partial charge >= 0.3 is 0 Å². The Balaban J connectivity index is 2.14. The Kier molecular flexibility index (Phi) is 4.62. The number of benzene rings is 1. The average Bonchev–Trinajstić information content (AvgIpc) is 2.83. The Morgan fingerprint density at radius 3 is 2.62 bits per heavy atom. The molecule has 0 radical (unpaired) electrons. The van der Waals surface area contributed by atoms with E-state index in [4.69, 9.17) is 10.8 Å². The van der Waals surface area contributed by atoms with E-state index in [2.05, 4.69) is 69.4 Å². The molecule has 112 valence electrons. The lowest BCUT2D eigenvalue weighted by Gasteiger charge is -2.38. The summed E-state index contributed by atoms with van der Waals surface area (Å²) in [7, 11) is -1.82. The van der Waals surface area contributed by atoms with E-state index in [1.54, 1.807) is 11.3 Å². The number of fused-ring (bicyclic) bond motifs is 1. The van der Waals surface area contributed by atoms with Gasteiger partial charge in [0.25, 0.3) is 0 Å². The lowest BCUT2D eigenvalue weighted by molar-refractivity contribution is 0.234. The van der Waals surface area contributed by atoms with Gasteiger partial charge in [0, 0.05) is 11.1 Å². The van der Waals surface area contributed by atoms with E-state index in [-0.39, 0.29) is 11.1 Å². The molecule has 0 spiro atoms. The summed E-state index contributed by atoms with van der Waals surface area (Å²) in [6.45, 7) is 11.2. The highest BCUT2D eigenvalue weighted by atomic mass is 32.1. The molecule has 3 heteroatoms. The highest BCUT2D eigenvalue weighted by molar-refractivity contribution is 7.17. The summed E-state index contributed by atoms with van der Waals surface area (Å²) in [5.41, 5.74) is 1.26. The average molecular weight is 317 g/mol. The number of hydrogen-bond acceptors (Lipinski definition) is 2. The highest BCUT2D eigenvalue weighted by Crippen LogP contribution is 2.37. The van der Waals surface area contributed by atoms with Gasteiger partial charge in [-0.25, -0.2) is 0 Å². The quantitative estimate of drug-likeness (QED) is 0.537. The Bertz CT molecular complexity index is 658. The van der Waals surface area contributed by atoms with Gasteiger partial charge in [0.1, 0.15) is 6.10 Å². The zero-order valence-electron chi connectivity index (χ0n) is 13.6. The van der Waals surface area contributed by atoms with Gasteiger partial charge in [0.05, 0.1) is 0 Å². The van der Waals surface area contributed by atoms with Crippen molar-refractivity contribution >= 4 is 29.7 Å². The first-order valence-corrected chi connectivity index (χ1v) is 11.1. The predicted octanol–water partition coefficient (Wildman–Crippen LogP) is 5.47. The zero-order valence-corrected chi connectivity index (χ0v) is 15.4. The summed E-state index contributed by atoms with van der Waals surface area (Å²) in [5.74, 6) is 2.84. The summed E-state index contributed by atoms with van der Waals surface area (Å²) in [5, 5.41) is 3.60. The SMILES string of the molecule is C#CC(Cc1ccc2ccsc2c1)O[Si](C)(C)C(C)(C)C. The minimum atomic E-state index is -1.82. The number of hydrogen-bond donors (Lipinski definition) is 0. The number of terminal acetylenes is 1. The van der Waals surface area contributed by atoms with E-state index < -0.39 is 8.32 Å². The molecule has 0 aliphatic carbocycles. The molecular formula is C18H24OSSi. The molecule has 2 rings (SSSR count). The van der Waals surface area contributed by atoms with E-state index in [9.17, 15) is 0 Å². The van der Waals surface area contributed by atoms with Crippen LogP contribution in [0.4, 0.5) is 0 Å². The van der Waals surface area contributed by atoms with Crippen molar-refractivity contribution in [3.05, 3.63) is 35.2 Å². The van der Waals surface area contributed by atoms with Crippen molar-refractivity contribution in [2.45, 2.75) is 51.4 Å². The molecule has 2 aromatic rings. The van der Waals surface area contributed by atoms with Crippen molar-refractivity contribution in [3.8, 4) is 12.3 Å². The van der Waals surface area contributed by atoms with Crippen molar-refractivity contribution < 1.29 is 4.43 Å². The molecule has 0 amide bonds. The standard InChI is InChI=1S/C18H24OSSi/c1-7-16(19-21(5,6)18(2,3)4)12-14-8-9-15-10-11-20-17(15)13-14/h1,8-11,13,16H,12H2,2-6H3. The summed E-state index contributed by atoms with van der Waals surface area (Å²) in [4.78, 5) is 0. The normalized spacial score (nSPS) is 14.1. The molecule has 0 saturated carbocycles. The molecule has 1 unspecified atom stereocenters. The van der Waals surface area contributed by atoms with Crippen molar-refractivity contribution in [1.82, 2.24) is 0 Å². The molecule has 1 atom stereocenters. The van der Waals surface area contributed by atoms with E-state index in [0.29, 0.717) is 0 Å². The maximum atomic E-state index is 6.36. The van der Waals surface area contributed by atoms with Crippen LogP contribution < -0.4 is 0 Å². The van der Waals surface area contributed by atoms with Crippen LogP contribution in [0, 0.1) is 12.3 Å². The third-order valence-corrected chi connectivity index (χ3v) is 9.74. The first-order chi connectivity index (χ1) is 9.73. The van der Waals surface area contributed by atoms with Gasteiger partial charge < -0.3 is 4.43 Å². The van der Waals surface area contributed by atoms with E-state index in [1.807, 2.05) is 0 Å². The minimum Gasteiger partial charge on any atom is -0.403 e. The van der Waals surface area contributed by atoms with Crippen LogP contribution in [0.25, 0.3) is 10.1 Å². The molecule has 0 N–H and O–H groups in total. The highest BCUT2D eigenvalue weighted by Gasteiger charge is 2.38. The van der Waals surface area contributed by atoms with E-state index >= 15 is 0 Å². The van der Waals surface area contributed by atoms with Crippen LogP contribution >= 0.6 is 11.3 Å². The van der Waals surface area contributed by atoms with Crippen molar-refractivity contribution in [3.63, 3.8) is 0 Å². The lowest BCUT2D eigenvalue weighted by Crippen LogP contribution is -2.44. The summed E-state index contributed by atoms with van der Waals surface area (Å²) in [6.07, 6.45) is 6.37. The fraction of sp³-hybridized carbons (Fsp3) is 0.444. The van der Waals surface area contributed by atoms with Crippen LogP contribution in [-0.2, 0) is 10.8 Å². The maximum absolute atomic E-state index is 6.36. The smallest absolute Gasteiger partial charge is 0.193 e. The molecule has 0 saturated heterocycles. The van der Waals surface area contributed by atoms with Crippen LogP contribution in [0.1, 0.15) is 26.3 Å².